The Labute approximate surface area is 361 Å². The molecule has 60 heavy (non-hydrogen) atoms. The monoisotopic (exact) mass is 912 g/mol. The number of hydrogen-bond acceptors (Lipinski definition) is 17. The maximum Gasteiger partial charge on any atom is 0.474 e. The summed E-state index contributed by atoms with van der Waals surface area (Å²) in [4.78, 5) is 53.9. The molecule has 0 radical (unpaired) electrons. The van der Waals surface area contributed by atoms with E-state index in [1.807, 2.05) is 83.1 Å². The maximum atomic E-state index is 11.9. The van der Waals surface area contributed by atoms with Crippen LogP contribution in [0.15, 0.2) is 0 Å². The van der Waals surface area contributed by atoms with E-state index in [1.54, 1.807) is 20.8 Å². The number of carbonyl (C=O) groups excluding carboxylic acids is 4. The van der Waals surface area contributed by atoms with Gasteiger partial charge in [0, 0.05) is 0 Å². The summed E-state index contributed by atoms with van der Waals surface area (Å²) in [5.74, 6) is -0.557. The second-order valence-corrected chi connectivity index (χ2v) is 17.1. The van der Waals surface area contributed by atoms with E-state index in [4.69, 9.17) is 46.9 Å². The van der Waals surface area contributed by atoms with Crippen molar-refractivity contribution in [3.63, 3.8) is 0 Å². The van der Waals surface area contributed by atoms with Crippen molar-refractivity contribution < 1.29 is 84.2 Å². The zero-order valence-electron chi connectivity index (χ0n) is 39.5. The lowest BCUT2D eigenvalue weighted by Crippen LogP contribution is -2.27. The molecule has 0 aromatic rings. The van der Waals surface area contributed by atoms with E-state index >= 15 is 0 Å². The first-order chi connectivity index (χ1) is 28.0. The summed E-state index contributed by atoms with van der Waals surface area (Å²) in [7, 11) is -7.44. The van der Waals surface area contributed by atoms with Crippen molar-refractivity contribution in [3.8, 4) is 0 Å². The Morgan fingerprint density at radius 1 is 0.467 bits per heavy atom. The molecule has 0 amide bonds. The molecule has 3 atom stereocenters. The van der Waals surface area contributed by atoms with Crippen molar-refractivity contribution in [1.29, 1.82) is 0 Å². The van der Waals surface area contributed by atoms with E-state index < -0.39 is 26.5 Å². The van der Waals surface area contributed by atoms with Gasteiger partial charge in [0.15, 0.2) is 0 Å². The number of rotatable bonds is 30. The van der Waals surface area contributed by atoms with Gasteiger partial charge in [-0.05, 0) is 88.0 Å². The molecule has 20 heteroatoms. The molecule has 0 bridgehead atoms. The van der Waals surface area contributed by atoms with Crippen LogP contribution in [0.5, 0.6) is 0 Å². The van der Waals surface area contributed by atoms with Gasteiger partial charge in [-0.25, -0.2) is 9.13 Å². The molecule has 0 aromatic carbocycles. The topological polar surface area (TPSA) is 224 Å². The molecule has 18 nitrogen and oxygen atoms in total. The number of ether oxygens (including phenoxy) is 6. The van der Waals surface area contributed by atoms with E-state index in [9.17, 15) is 28.3 Å². The van der Waals surface area contributed by atoms with Gasteiger partial charge in [-0.3, -0.25) is 41.8 Å². The Bertz CT molecular complexity index is 1160. The van der Waals surface area contributed by atoms with Crippen LogP contribution in [-0.4, -0.2) is 115 Å². The summed E-state index contributed by atoms with van der Waals surface area (Å²) in [5.41, 5.74) is -0.977. The smallest absolute Gasteiger partial charge is 0.466 e. The van der Waals surface area contributed by atoms with Crippen molar-refractivity contribution >= 4 is 39.5 Å². The van der Waals surface area contributed by atoms with Gasteiger partial charge in [0.25, 0.3) is 0 Å². The van der Waals surface area contributed by atoms with E-state index in [0.717, 1.165) is 12.8 Å². The lowest BCUT2D eigenvalue weighted by Gasteiger charge is -2.20. The molecule has 1 N–H and O–H groups in total. The van der Waals surface area contributed by atoms with Crippen LogP contribution in [0.2, 0.25) is 0 Å². The normalized spacial score (nSPS) is 13.3. The highest BCUT2D eigenvalue weighted by Crippen LogP contribution is 2.49. The minimum absolute atomic E-state index is 0.0601. The van der Waals surface area contributed by atoms with Crippen LogP contribution >= 0.6 is 15.6 Å². The van der Waals surface area contributed by atoms with Crippen molar-refractivity contribution in [2.75, 3.05) is 85.9 Å². The molecule has 3 unspecified atom stereocenters. The van der Waals surface area contributed by atoms with Crippen molar-refractivity contribution in [2.45, 2.75) is 130 Å². The van der Waals surface area contributed by atoms with Crippen molar-refractivity contribution in [3.05, 3.63) is 0 Å². The molecule has 0 spiro atoms. The SMILES string of the molecule is CCOC(=O)C(C)CC.CCOC(=O)C(C)CC.CCOP(=O)(O)OCCOCCOC(=O)C(C)(C)CC.CCOP(=O)(OCC)OCCOCCOC(=O)C(C)(C)CC. The number of esters is 4. The summed E-state index contributed by atoms with van der Waals surface area (Å²) in [6.45, 7) is 30.2. The van der Waals surface area contributed by atoms with Crippen LogP contribution in [0.3, 0.4) is 0 Å². The average molecular weight is 913 g/mol. The summed E-state index contributed by atoms with van der Waals surface area (Å²) in [6.07, 6.45) is 3.13. The van der Waals surface area contributed by atoms with Crippen LogP contribution in [-0.2, 0) is 79.3 Å². The molecule has 0 aliphatic carbocycles. The molecule has 0 aliphatic rings. The Balaban J connectivity index is -0.000000376. The van der Waals surface area contributed by atoms with Gasteiger partial charge in [-0.1, -0.05) is 41.5 Å². The van der Waals surface area contributed by atoms with Gasteiger partial charge in [0.05, 0.1) is 95.3 Å². The fourth-order valence-electron chi connectivity index (χ4n) is 3.22. The lowest BCUT2D eigenvalue weighted by molar-refractivity contribution is -0.156. The van der Waals surface area contributed by atoms with E-state index in [0.29, 0.717) is 26.1 Å². The standard InChI is InChI=1S/C14H29O7P.C12H25O7P.2C7H14O2/c1-6-14(4,5)13(15)18-11-9-17-10-12-21-22(16,19-7-2)20-8-3;1-5-12(3,4)11(13)17-9-7-16-8-10-19-20(14,15)18-6-2;2*1-4-6(3)7(8)9-5-2/h6-12H2,1-5H3;5-10H2,1-4H3,(H,14,15);2*6H,4-5H2,1-3H3. The summed E-state index contributed by atoms with van der Waals surface area (Å²) in [5, 5.41) is 0. The maximum absolute atomic E-state index is 11.9. The molecule has 0 aliphatic heterocycles. The van der Waals surface area contributed by atoms with E-state index in [1.165, 1.54) is 0 Å². The Morgan fingerprint density at radius 3 is 1.10 bits per heavy atom. The zero-order chi connectivity index (χ0) is 47.3. The van der Waals surface area contributed by atoms with Crippen molar-refractivity contribution in [2.24, 2.45) is 22.7 Å². The van der Waals surface area contributed by atoms with E-state index in [-0.39, 0.29) is 108 Å². The highest BCUT2D eigenvalue weighted by atomic mass is 31.2. The second-order valence-electron chi connectivity index (χ2n) is 13.9. The molecular weight excluding hydrogens is 830 g/mol. The average Bonchev–Trinajstić information content (AvgIpc) is 3.20. The van der Waals surface area contributed by atoms with Crippen LogP contribution in [0, 0.1) is 22.7 Å². The van der Waals surface area contributed by atoms with Gasteiger partial charge in [0.1, 0.15) is 13.2 Å². The quantitative estimate of drug-likeness (QED) is 0.0308. The van der Waals surface area contributed by atoms with Crippen LogP contribution in [0.1, 0.15) is 130 Å². The largest absolute Gasteiger partial charge is 0.474 e. The fraction of sp³-hybridized carbons (Fsp3) is 0.900. The summed E-state index contributed by atoms with van der Waals surface area (Å²) in [6, 6.07) is 0. The van der Waals surface area contributed by atoms with Gasteiger partial charge >= 0.3 is 39.5 Å². The van der Waals surface area contributed by atoms with Gasteiger partial charge in [-0.2, -0.15) is 0 Å². The Morgan fingerprint density at radius 2 is 0.800 bits per heavy atom. The van der Waals surface area contributed by atoms with Gasteiger partial charge < -0.3 is 33.3 Å². The van der Waals surface area contributed by atoms with Crippen LogP contribution in [0.25, 0.3) is 0 Å². The first kappa shape index (κ1) is 64.6. The van der Waals surface area contributed by atoms with Crippen LogP contribution in [0.4, 0.5) is 0 Å². The van der Waals surface area contributed by atoms with E-state index in [2.05, 4.69) is 9.05 Å². The third kappa shape index (κ3) is 36.7. The highest BCUT2D eigenvalue weighted by Gasteiger charge is 2.28. The number of carbonyl (C=O) groups is 4. The second kappa shape index (κ2) is 38.7. The number of phosphoric acid groups is 2. The van der Waals surface area contributed by atoms with Crippen molar-refractivity contribution in [1.82, 2.24) is 0 Å². The van der Waals surface area contributed by atoms with Gasteiger partial charge in [0.2, 0.25) is 0 Å². The predicted octanol–water partition coefficient (Wildman–Crippen LogP) is 8.51. The first-order valence-electron chi connectivity index (χ1n) is 21.0. The Kier molecular flexibility index (Phi) is 41.7. The number of phosphoric ester groups is 2. The molecular formula is C40H82O18P2. The molecule has 0 saturated heterocycles. The summed E-state index contributed by atoms with van der Waals surface area (Å²) < 4.78 is 77.2. The molecule has 0 heterocycles. The third-order valence-corrected chi connectivity index (χ3v) is 11.0. The highest BCUT2D eigenvalue weighted by molar-refractivity contribution is 7.48. The minimum atomic E-state index is -3.96. The third-order valence-electron chi connectivity index (χ3n) is 8.22. The number of hydrogen-bond donors (Lipinski definition) is 1. The predicted molar refractivity (Wildman–Crippen MR) is 228 cm³/mol. The first-order valence-corrected chi connectivity index (χ1v) is 23.9. The molecule has 0 aromatic heterocycles. The zero-order valence-corrected chi connectivity index (χ0v) is 41.2. The summed E-state index contributed by atoms with van der Waals surface area (Å²) >= 11 is 0. The Hall–Kier alpha value is -1.98. The van der Waals surface area contributed by atoms with Crippen LogP contribution < -0.4 is 0 Å². The molecule has 0 saturated carbocycles. The van der Waals surface area contributed by atoms with Gasteiger partial charge in [-0.15, -0.1) is 0 Å². The molecule has 0 fully saturated rings. The molecule has 0 rings (SSSR count). The minimum Gasteiger partial charge on any atom is -0.466 e. The molecule has 360 valence electrons. The lowest BCUT2D eigenvalue weighted by atomic mass is 9.91. The fourth-order valence-corrected chi connectivity index (χ4v) is 5.08.